The molecular weight excluding hydrogens is 232 g/mol. The van der Waals surface area contributed by atoms with Gasteiger partial charge in [0.25, 0.3) is 6.43 Å². The zero-order chi connectivity index (χ0) is 13.3. The summed E-state index contributed by atoms with van der Waals surface area (Å²) < 4.78 is 33.0. The molecule has 4 nitrogen and oxygen atoms in total. The van der Waals surface area contributed by atoms with Crippen LogP contribution in [0.25, 0.3) is 0 Å². The first-order valence-electron chi connectivity index (χ1n) is 5.72. The van der Waals surface area contributed by atoms with Gasteiger partial charge in [-0.2, -0.15) is 0 Å². The van der Waals surface area contributed by atoms with Crippen LogP contribution in [0.3, 0.4) is 0 Å². The Morgan fingerprint density at radius 3 is 2.59 bits per heavy atom. The molecule has 0 aromatic heterocycles. The van der Waals surface area contributed by atoms with Crippen molar-refractivity contribution >= 4 is 5.97 Å². The fraction of sp³-hybridized carbons (Fsp3) is 0.909. The van der Waals surface area contributed by atoms with Crippen LogP contribution in [0.1, 0.15) is 33.1 Å². The van der Waals surface area contributed by atoms with E-state index < -0.39 is 24.5 Å². The lowest BCUT2D eigenvalue weighted by Gasteiger charge is -2.21. The smallest absolute Gasteiger partial charge is 0.325 e. The minimum Gasteiger partial charge on any atom is -0.465 e. The molecule has 0 aliphatic carbocycles. The van der Waals surface area contributed by atoms with Gasteiger partial charge in [-0.15, -0.1) is 0 Å². The molecule has 0 saturated carbocycles. The predicted molar refractivity (Wildman–Crippen MR) is 59.9 cm³/mol. The second-order valence-corrected chi connectivity index (χ2v) is 4.06. The van der Waals surface area contributed by atoms with E-state index >= 15 is 0 Å². The molecule has 0 amide bonds. The standard InChI is InChI=1S/C11H21F2NO3/c1-3-17-10(15)11(2,14)6-4-5-7-16-8-9(12)13/h9H,3-8,14H2,1-2H3. The Bertz CT molecular complexity index is 223. The van der Waals surface area contributed by atoms with Crippen molar-refractivity contribution in [1.82, 2.24) is 0 Å². The predicted octanol–water partition coefficient (Wildman–Crippen LogP) is 1.72. The highest BCUT2D eigenvalue weighted by molar-refractivity contribution is 5.79. The first-order chi connectivity index (χ1) is 7.90. The molecule has 1 unspecified atom stereocenters. The van der Waals surface area contributed by atoms with E-state index in [9.17, 15) is 13.6 Å². The minimum absolute atomic E-state index is 0.253. The fourth-order valence-electron chi connectivity index (χ4n) is 1.27. The van der Waals surface area contributed by atoms with Gasteiger partial charge in [0.1, 0.15) is 12.1 Å². The van der Waals surface area contributed by atoms with Gasteiger partial charge in [0, 0.05) is 6.61 Å². The van der Waals surface area contributed by atoms with Crippen LogP contribution in [-0.2, 0) is 14.3 Å². The average Bonchev–Trinajstić information content (AvgIpc) is 2.23. The second kappa shape index (κ2) is 8.36. The fourth-order valence-corrected chi connectivity index (χ4v) is 1.27. The Hall–Kier alpha value is -0.750. The van der Waals surface area contributed by atoms with Crippen molar-refractivity contribution in [3.8, 4) is 0 Å². The number of alkyl halides is 2. The third kappa shape index (κ3) is 8.04. The average molecular weight is 253 g/mol. The van der Waals surface area contributed by atoms with Gasteiger partial charge in [-0.3, -0.25) is 4.79 Å². The van der Waals surface area contributed by atoms with Gasteiger partial charge in [0.05, 0.1) is 6.61 Å². The van der Waals surface area contributed by atoms with Crippen molar-refractivity contribution < 1.29 is 23.0 Å². The van der Waals surface area contributed by atoms with Crippen LogP contribution >= 0.6 is 0 Å². The number of unbranched alkanes of at least 4 members (excludes halogenated alkanes) is 1. The topological polar surface area (TPSA) is 61.5 Å². The third-order valence-corrected chi connectivity index (χ3v) is 2.22. The number of esters is 1. The Kier molecular flexibility index (Phi) is 7.99. The molecule has 0 aromatic carbocycles. The van der Waals surface area contributed by atoms with E-state index in [0.29, 0.717) is 25.9 Å². The summed E-state index contributed by atoms with van der Waals surface area (Å²) in [6, 6.07) is 0. The molecular formula is C11H21F2NO3. The molecule has 0 aliphatic rings. The van der Waals surface area contributed by atoms with E-state index in [2.05, 4.69) is 0 Å². The van der Waals surface area contributed by atoms with E-state index in [-0.39, 0.29) is 6.61 Å². The summed E-state index contributed by atoms with van der Waals surface area (Å²) in [5.41, 5.74) is 4.76. The molecule has 1 atom stereocenters. The number of rotatable bonds is 9. The molecule has 0 radical (unpaired) electrons. The van der Waals surface area contributed by atoms with Gasteiger partial charge in [-0.1, -0.05) is 0 Å². The first kappa shape index (κ1) is 16.2. The Balaban J connectivity index is 3.62. The summed E-state index contributed by atoms with van der Waals surface area (Å²) >= 11 is 0. The van der Waals surface area contributed by atoms with Gasteiger partial charge >= 0.3 is 5.97 Å². The Labute approximate surface area is 100 Å². The monoisotopic (exact) mass is 253 g/mol. The summed E-state index contributed by atoms with van der Waals surface area (Å²) in [5, 5.41) is 0. The molecule has 17 heavy (non-hydrogen) atoms. The molecule has 0 bridgehead atoms. The summed E-state index contributed by atoms with van der Waals surface area (Å²) in [4.78, 5) is 11.4. The van der Waals surface area contributed by atoms with Crippen molar-refractivity contribution in [3.05, 3.63) is 0 Å². The zero-order valence-electron chi connectivity index (χ0n) is 10.4. The summed E-state index contributed by atoms with van der Waals surface area (Å²) in [6.45, 7) is 3.32. The van der Waals surface area contributed by atoms with Crippen molar-refractivity contribution in [2.75, 3.05) is 19.8 Å². The van der Waals surface area contributed by atoms with Crippen LogP contribution in [0, 0.1) is 0 Å². The lowest BCUT2D eigenvalue weighted by atomic mass is 9.96. The van der Waals surface area contributed by atoms with Crippen LogP contribution in [0.15, 0.2) is 0 Å². The van der Waals surface area contributed by atoms with Gasteiger partial charge in [-0.05, 0) is 33.1 Å². The van der Waals surface area contributed by atoms with Crippen molar-refractivity contribution in [3.63, 3.8) is 0 Å². The number of carbonyl (C=O) groups is 1. The SMILES string of the molecule is CCOC(=O)C(C)(N)CCCCOCC(F)F. The molecule has 102 valence electrons. The number of carbonyl (C=O) groups excluding carboxylic acids is 1. The lowest BCUT2D eigenvalue weighted by Crippen LogP contribution is -2.46. The second-order valence-electron chi connectivity index (χ2n) is 4.06. The van der Waals surface area contributed by atoms with Gasteiger partial charge < -0.3 is 15.2 Å². The van der Waals surface area contributed by atoms with Crippen LogP contribution in [-0.4, -0.2) is 37.8 Å². The molecule has 0 aromatic rings. The normalized spacial score (nSPS) is 14.7. The summed E-state index contributed by atoms with van der Waals surface area (Å²) in [5.74, 6) is -0.437. The highest BCUT2D eigenvalue weighted by Gasteiger charge is 2.28. The van der Waals surface area contributed by atoms with Crippen molar-refractivity contribution in [2.24, 2.45) is 5.73 Å². The number of ether oxygens (including phenoxy) is 2. The minimum atomic E-state index is -2.44. The Morgan fingerprint density at radius 1 is 1.41 bits per heavy atom. The molecule has 2 N–H and O–H groups in total. The number of nitrogens with two attached hydrogens (primary N) is 1. The summed E-state index contributed by atoms with van der Waals surface area (Å²) in [7, 11) is 0. The quantitative estimate of drug-likeness (QED) is 0.502. The number of halogens is 2. The first-order valence-corrected chi connectivity index (χ1v) is 5.72. The summed E-state index contributed by atoms with van der Waals surface area (Å²) in [6.07, 6.45) is -0.757. The maximum Gasteiger partial charge on any atom is 0.325 e. The molecule has 0 rings (SSSR count). The van der Waals surface area contributed by atoms with Gasteiger partial charge in [0.2, 0.25) is 0 Å². The van der Waals surface area contributed by atoms with Crippen LogP contribution in [0.4, 0.5) is 8.78 Å². The highest BCUT2D eigenvalue weighted by atomic mass is 19.3. The largest absolute Gasteiger partial charge is 0.465 e. The highest BCUT2D eigenvalue weighted by Crippen LogP contribution is 2.13. The Morgan fingerprint density at radius 2 is 2.06 bits per heavy atom. The molecule has 0 spiro atoms. The van der Waals surface area contributed by atoms with Gasteiger partial charge in [-0.25, -0.2) is 8.78 Å². The van der Waals surface area contributed by atoms with E-state index in [0.717, 1.165) is 0 Å². The maximum absolute atomic E-state index is 11.7. The van der Waals surface area contributed by atoms with E-state index in [1.165, 1.54) is 0 Å². The van der Waals surface area contributed by atoms with Crippen molar-refractivity contribution in [2.45, 2.75) is 45.1 Å². The molecule has 0 heterocycles. The van der Waals surface area contributed by atoms with Gasteiger partial charge in [0.15, 0.2) is 0 Å². The van der Waals surface area contributed by atoms with E-state index in [1.54, 1.807) is 13.8 Å². The lowest BCUT2D eigenvalue weighted by molar-refractivity contribution is -0.149. The molecule has 0 saturated heterocycles. The third-order valence-electron chi connectivity index (χ3n) is 2.22. The molecule has 0 fully saturated rings. The maximum atomic E-state index is 11.7. The molecule has 0 aliphatic heterocycles. The number of hydrogen-bond acceptors (Lipinski definition) is 4. The van der Waals surface area contributed by atoms with E-state index in [1.807, 2.05) is 0 Å². The van der Waals surface area contributed by atoms with Crippen LogP contribution in [0.2, 0.25) is 0 Å². The van der Waals surface area contributed by atoms with Crippen LogP contribution < -0.4 is 5.73 Å². The van der Waals surface area contributed by atoms with E-state index in [4.69, 9.17) is 15.2 Å². The van der Waals surface area contributed by atoms with Crippen LogP contribution in [0.5, 0.6) is 0 Å². The van der Waals surface area contributed by atoms with Crippen molar-refractivity contribution in [1.29, 1.82) is 0 Å². The molecule has 6 heteroatoms. The zero-order valence-corrected chi connectivity index (χ0v) is 10.4. The number of hydrogen-bond donors (Lipinski definition) is 1.